The van der Waals surface area contributed by atoms with E-state index in [2.05, 4.69) is 9.88 Å². The van der Waals surface area contributed by atoms with Gasteiger partial charge in [-0.05, 0) is 31.9 Å². The lowest BCUT2D eigenvalue weighted by atomic mass is 10.0. The van der Waals surface area contributed by atoms with Crippen LogP contribution in [0.5, 0.6) is 0 Å². The molecule has 20 heavy (non-hydrogen) atoms. The average Bonchev–Trinajstić information content (AvgIpc) is 2.38. The van der Waals surface area contributed by atoms with E-state index in [-0.39, 0.29) is 10.5 Å². The van der Waals surface area contributed by atoms with Crippen LogP contribution >= 0.6 is 0 Å². The summed E-state index contributed by atoms with van der Waals surface area (Å²) in [5.41, 5.74) is 2.06. The molecule has 0 aromatic carbocycles. The van der Waals surface area contributed by atoms with E-state index in [4.69, 9.17) is 0 Å². The van der Waals surface area contributed by atoms with Crippen molar-refractivity contribution in [3.05, 3.63) is 24.0 Å². The molecule has 4 nitrogen and oxygen atoms in total. The molecule has 2 aliphatic rings. The van der Waals surface area contributed by atoms with Crippen LogP contribution in [0.3, 0.4) is 0 Å². The van der Waals surface area contributed by atoms with Crippen LogP contribution in [-0.4, -0.2) is 37.0 Å². The second kappa shape index (κ2) is 5.35. The molecular weight excluding hydrogens is 272 g/mol. The van der Waals surface area contributed by atoms with Gasteiger partial charge in [0, 0.05) is 30.7 Å². The molecule has 0 amide bonds. The Labute approximate surface area is 121 Å². The lowest BCUT2D eigenvalue weighted by Crippen LogP contribution is -2.57. The Kier molecular flexibility index (Phi) is 3.71. The summed E-state index contributed by atoms with van der Waals surface area (Å²) in [7, 11) is -2.93. The van der Waals surface area contributed by atoms with Crippen molar-refractivity contribution in [2.45, 2.75) is 49.5 Å². The van der Waals surface area contributed by atoms with E-state index in [0.717, 1.165) is 37.1 Å². The van der Waals surface area contributed by atoms with Crippen LogP contribution < -0.4 is 4.90 Å². The molecule has 2 heterocycles. The van der Waals surface area contributed by atoms with Crippen LogP contribution in [0.4, 0.5) is 5.69 Å². The number of pyridine rings is 1. The zero-order valence-corrected chi connectivity index (χ0v) is 12.8. The highest BCUT2D eigenvalue weighted by molar-refractivity contribution is 7.92. The van der Waals surface area contributed by atoms with Crippen LogP contribution in [0.1, 0.15) is 37.8 Å². The standard InChI is InChI=1S/C15H22N2O2S/c1-12-9-13(7-8-16-12)17-10-15(11-17)20(18,19)14-5-3-2-4-6-14/h7-9,14-15H,2-6,10-11H2,1H3. The molecule has 0 spiro atoms. The summed E-state index contributed by atoms with van der Waals surface area (Å²) in [5, 5.41) is -0.248. The summed E-state index contributed by atoms with van der Waals surface area (Å²) in [5.74, 6) is 0. The molecule has 1 aliphatic heterocycles. The molecule has 0 N–H and O–H groups in total. The number of hydrogen-bond acceptors (Lipinski definition) is 4. The molecule has 0 bridgehead atoms. The fourth-order valence-electron chi connectivity index (χ4n) is 3.25. The van der Waals surface area contributed by atoms with Gasteiger partial charge in [0.15, 0.2) is 9.84 Å². The second-order valence-corrected chi connectivity index (χ2v) is 8.54. The third kappa shape index (κ3) is 2.55. The monoisotopic (exact) mass is 294 g/mol. The van der Waals surface area contributed by atoms with Gasteiger partial charge in [0.1, 0.15) is 0 Å². The molecule has 3 rings (SSSR count). The Hall–Kier alpha value is -1.10. The predicted octanol–water partition coefficient (Wildman–Crippen LogP) is 2.33. The Bertz CT molecular complexity index is 573. The maximum absolute atomic E-state index is 12.6. The molecule has 0 unspecified atom stereocenters. The highest BCUT2D eigenvalue weighted by Gasteiger charge is 2.42. The predicted molar refractivity (Wildman–Crippen MR) is 80.8 cm³/mol. The fraction of sp³-hybridized carbons (Fsp3) is 0.667. The van der Waals surface area contributed by atoms with Crippen LogP contribution in [0.15, 0.2) is 18.3 Å². The van der Waals surface area contributed by atoms with Crippen LogP contribution in [-0.2, 0) is 9.84 Å². The normalized spacial score (nSPS) is 21.8. The Balaban J connectivity index is 1.64. The van der Waals surface area contributed by atoms with E-state index in [1.807, 2.05) is 19.1 Å². The molecule has 0 radical (unpaired) electrons. The fourth-order valence-corrected chi connectivity index (χ4v) is 5.56. The lowest BCUT2D eigenvalue weighted by Gasteiger charge is -2.42. The Morgan fingerprint density at radius 3 is 2.50 bits per heavy atom. The number of rotatable bonds is 3. The molecule has 110 valence electrons. The summed E-state index contributed by atoms with van der Waals surface area (Å²) in [6.45, 7) is 3.24. The number of nitrogens with zero attached hydrogens (tertiary/aromatic N) is 2. The van der Waals surface area contributed by atoms with Crippen LogP contribution in [0.2, 0.25) is 0 Å². The molecule has 5 heteroatoms. The molecular formula is C15H22N2O2S. The summed E-state index contributed by atoms with van der Waals surface area (Å²) in [6, 6.07) is 3.97. The maximum atomic E-state index is 12.6. The van der Waals surface area contributed by atoms with E-state index in [9.17, 15) is 8.42 Å². The third-order valence-corrected chi connectivity index (χ3v) is 7.20. The van der Waals surface area contributed by atoms with Gasteiger partial charge < -0.3 is 4.90 Å². The Morgan fingerprint density at radius 2 is 1.85 bits per heavy atom. The summed E-state index contributed by atoms with van der Waals surface area (Å²) < 4.78 is 25.1. The molecule has 1 saturated heterocycles. The lowest BCUT2D eigenvalue weighted by molar-refractivity contribution is 0.467. The van der Waals surface area contributed by atoms with Crippen molar-refractivity contribution in [2.75, 3.05) is 18.0 Å². The second-order valence-electron chi connectivity index (χ2n) is 6.03. The molecule has 1 saturated carbocycles. The molecule has 1 aromatic rings. The topological polar surface area (TPSA) is 50.3 Å². The third-order valence-electron chi connectivity index (χ3n) is 4.57. The molecule has 2 fully saturated rings. The van der Waals surface area contributed by atoms with Gasteiger partial charge in [-0.3, -0.25) is 4.98 Å². The number of aryl methyl sites for hydroxylation is 1. The quantitative estimate of drug-likeness (QED) is 0.858. The van der Waals surface area contributed by atoms with Crippen molar-refractivity contribution in [2.24, 2.45) is 0 Å². The van der Waals surface area contributed by atoms with Gasteiger partial charge in [0.2, 0.25) is 0 Å². The van der Waals surface area contributed by atoms with E-state index in [1.165, 1.54) is 6.42 Å². The van der Waals surface area contributed by atoms with Gasteiger partial charge in [-0.2, -0.15) is 0 Å². The zero-order chi connectivity index (χ0) is 14.2. The highest BCUT2D eigenvalue weighted by Crippen LogP contribution is 2.31. The van der Waals surface area contributed by atoms with Gasteiger partial charge in [0.25, 0.3) is 0 Å². The smallest absolute Gasteiger partial charge is 0.159 e. The van der Waals surface area contributed by atoms with Crippen LogP contribution in [0, 0.1) is 6.92 Å². The first-order valence-electron chi connectivity index (χ1n) is 7.47. The first-order chi connectivity index (χ1) is 9.57. The minimum absolute atomic E-state index is 0.0809. The zero-order valence-electron chi connectivity index (χ0n) is 12.0. The average molecular weight is 294 g/mol. The first kappa shape index (κ1) is 13.9. The first-order valence-corrected chi connectivity index (χ1v) is 9.08. The van der Waals surface area contributed by atoms with E-state index >= 15 is 0 Å². The summed E-state index contributed by atoms with van der Waals surface area (Å²) >= 11 is 0. The highest BCUT2D eigenvalue weighted by atomic mass is 32.2. The van der Waals surface area contributed by atoms with Crippen molar-refractivity contribution in [1.82, 2.24) is 4.98 Å². The van der Waals surface area contributed by atoms with Crippen molar-refractivity contribution in [1.29, 1.82) is 0 Å². The number of aromatic nitrogens is 1. The van der Waals surface area contributed by atoms with Crippen LogP contribution in [0.25, 0.3) is 0 Å². The summed E-state index contributed by atoms with van der Waals surface area (Å²) in [4.78, 5) is 6.32. The largest absolute Gasteiger partial charge is 0.369 e. The van der Waals surface area contributed by atoms with Crippen molar-refractivity contribution in [3.8, 4) is 0 Å². The minimum Gasteiger partial charge on any atom is -0.369 e. The molecule has 0 atom stereocenters. The minimum atomic E-state index is -2.93. The number of sulfone groups is 1. The Morgan fingerprint density at radius 1 is 1.15 bits per heavy atom. The molecule has 1 aliphatic carbocycles. The number of hydrogen-bond donors (Lipinski definition) is 0. The van der Waals surface area contributed by atoms with Gasteiger partial charge in [-0.25, -0.2) is 8.42 Å². The van der Waals surface area contributed by atoms with Crippen molar-refractivity contribution < 1.29 is 8.42 Å². The van der Waals surface area contributed by atoms with Gasteiger partial charge in [-0.15, -0.1) is 0 Å². The molecule has 1 aromatic heterocycles. The SMILES string of the molecule is Cc1cc(N2CC(S(=O)(=O)C3CCCCC3)C2)ccn1. The summed E-state index contributed by atoms with van der Waals surface area (Å²) in [6.07, 6.45) is 6.86. The van der Waals surface area contributed by atoms with Crippen molar-refractivity contribution in [3.63, 3.8) is 0 Å². The van der Waals surface area contributed by atoms with E-state index in [0.29, 0.717) is 13.1 Å². The maximum Gasteiger partial charge on any atom is 0.159 e. The van der Waals surface area contributed by atoms with Gasteiger partial charge in [0.05, 0.1) is 10.5 Å². The van der Waals surface area contributed by atoms with E-state index in [1.54, 1.807) is 6.20 Å². The van der Waals surface area contributed by atoms with Gasteiger partial charge >= 0.3 is 0 Å². The van der Waals surface area contributed by atoms with Gasteiger partial charge in [-0.1, -0.05) is 19.3 Å². The number of anilines is 1. The van der Waals surface area contributed by atoms with E-state index < -0.39 is 9.84 Å². The van der Waals surface area contributed by atoms with Crippen molar-refractivity contribution >= 4 is 15.5 Å².